The molecule has 1 heterocycles. The molecule has 3 nitrogen and oxygen atoms in total. The number of fused-ring (bicyclic) bond motifs is 1. The average Bonchev–Trinajstić information content (AvgIpc) is 2.50. The van der Waals surface area contributed by atoms with Crippen LogP contribution in [0.1, 0.15) is 10.5 Å². The minimum Gasteiger partial charge on any atom is -0.321 e. The highest BCUT2D eigenvalue weighted by molar-refractivity contribution is 6.11. The van der Waals surface area contributed by atoms with Crippen molar-refractivity contribution in [3.05, 3.63) is 72.1 Å². The molecule has 0 aliphatic heterocycles. The number of carbonyl (C=O) groups excluding carboxylic acids is 1. The molecule has 0 saturated heterocycles. The van der Waals surface area contributed by atoms with Crippen LogP contribution in [0.2, 0.25) is 0 Å². The predicted octanol–water partition coefficient (Wildman–Crippen LogP) is 3.77. The number of hydrogen-bond acceptors (Lipinski definition) is 2. The molecule has 1 N–H and O–H groups in total. The second-order valence-electron chi connectivity index (χ2n) is 4.46. The van der Waals surface area contributed by atoms with Crippen LogP contribution in [-0.2, 0) is 0 Å². The van der Waals surface area contributed by atoms with Gasteiger partial charge in [0, 0.05) is 23.3 Å². The molecule has 1 amide bonds. The van der Waals surface area contributed by atoms with Crippen molar-refractivity contribution in [2.75, 3.05) is 5.32 Å². The van der Waals surface area contributed by atoms with Gasteiger partial charge in [-0.25, -0.2) is 8.78 Å². The average molecular weight is 284 g/mol. The molecule has 0 radical (unpaired) electrons. The van der Waals surface area contributed by atoms with Crippen LogP contribution in [0.4, 0.5) is 14.5 Å². The molecule has 104 valence electrons. The van der Waals surface area contributed by atoms with Gasteiger partial charge >= 0.3 is 0 Å². The summed E-state index contributed by atoms with van der Waals surface area (Å²) in [5.41, 5.74) is 0.409. The van der Waals surface area contributed by atoms with Crippen LogP contribution in [0.5, 0.6) is 0 Å². The molecule has 0 aliphatic carbocycles. The quantitative estimate of drug-likeness (QED) is 0.778. The lowest BCUT2D eigenvalue weighted by atomic mass is 10.1. The van der Waals surface area contributed by atoms with E-state index in [0.717, 1.165) is 17.5 Å². The molecule has 0 spiro atoms. The van der Waals surface area contributed by atoms with Gasteiger partial charge in [-0.2, -0.15) is 0 Å². The van der Waals surface area contributed by atoms with Gasteiger partial charge < -0.3 is 5.32 Å². The zero-order valence-corrected chi connectivity index (χ0v) is 10.8. The second-order valence-corrected chi connectivity index (χ2v) is 4.46. The highest BCUT2D eigenvalue weighted by atomic mass is 19.2. The summed E-state index contributed by atoms with van der Waals surface area (Å²) >= 11 is 0. The van der Waals surface area contributed by atoms with E-state index in [2.05, 4.69) is 10.3 Å². The topological polar surface area (TPSA) is 42.0 Å². The molecular formula is C16H10F2N2O. The molecule has 0 bridgehead atoms. The van der Waals surface area contributed by atoms with E-state index in [1.54, 1.807) is 18.2 Å². The van der Waals surface area contributed by atoms with Gasteiger partial charge in [-0.3, -0.25) is 9.78 Å². The molecule has 3 aromatic rings. The first-order valence-corrected chi connectivity index (χ1v) is 6.25. The van der Waals surface area contributed by atoms with Crippen molar-refractivity contribution in [2.45, 2.75) is 0 Å². The zero-order valence-electron chi connectivity index (χ0n) is 10.8. The summed E-state index contributed by atoms with van der Waals surface area (Å²) in [5.74, 6) is -2.45. The number of aromatic nitrogens is 1. The van der Waals surface area contributed by atoms with Gasteiger partial charge in [-0.15, -0.1) is 0 Å². The summed E-state index contributed by atoms with van der Waals surface area (Å²) in [7, 11) is 0. The van der Waals surface area contributed by atoms with Crippen LogP contribution in [-0.4, -0.2) is 10.9 Å². The van der Waals surface area contributed by atoms with E-state index in [-0.39, 0.29) is 11.4 Å². The minimum absolute atomic E-state index is 0.175. The second kappa shape index (κ2) is 5.28. The molecule has 0 atom stereocenters. The number of hydrogen-bond donors (Lipinski definition) is 1. The standard InChI is InChI=1S/C16H10F2N2O/c17-13-6-5-11(9-14(13)18)20-16(21)15-12-4-2-1-3-10(12)7-8-19-15/h1-9H,(H,20,21). The number of amides is 1. The van der Waals surface area contributed by atoms with E-state index in [1.807, 2.05) is 12.1 Å². The third kappa shape index (κ3) is 2.58. The minimum atomic E-state index is -1.02. The fraction of sp³-hybridized carbons (Fsp3) is 0. The van der Waals surface area contributed by atoms with E-state index in [9.17, 15) is 13.6 Å². The fourth-order valence-corrected chi connectivity index (χ4v) is 2.06. The van der Waals surface area contributed by atoms with Crippen LogP contribution in [0, 0.1) is 11.6 Å². The number of halogens is 2. The van der Waals surface area contributed by atoms with Crippen LogP contribution >= 0.6 is 0 Å². The van der Waals surface area contributed by atoms with Crippen LogP contribution in [0.3, 0.4) is 0 Å². The summed E-state index contributed by atoms with van der Waals surface area (Å²) < 4.78 is 26.0. The van der Waals surface area contributed by atoms with Crippen molar-refractivity contribution in [1.29, 1.82) is 0 Å². The Morgan fingerprint density at radius 2 is 1.81 bits per heavy atom. The van der Waals surface area contributed by atoms with Crippen molar-refractivity contribution in [1.82, 2.24) is 4.98 Å². The summed E-state index contributed by atoms with van der Waals surface area (Å²) in [6.45, 7) is 0. The monoisotopic (exact) mass is 284 g/mol. The molecule has 1 aromatic heterocycles. The lowest BCUT2D eigenvalue weighted by Crippen LogP contribution is -2.14. The Hall–Kier alpha value is -2.82. The van der Waals surface area contributed by atoms with E-state index in [0.29, 0.717) is 5.39 Å². The van der Waals surface area contributed by atoms with Crippen molar-refractivity contribution < 1.29 is 13.6 Å². The Morgan fingerprint density at radius 1 is 1.00 bits per heavy atom. The van der Waals surface area contributed by atoms with Gasteiger partial charge in [-0.1, -0.05) is 24.3 Å². The number of anilines is 1. The summed E-state index contributed by atoms with van der Waals surface area (Å²) in [6, 6.07) is 12.3. The highest BCUT2D eigenvalue weighted by Crippen LogP contribution is 2.18. The van der Waals surface area contributed by atoms with E-state index in [4.69, 9.17) is 0 Å². The maximum absolute atomic E-state index is 13.1. The molecule has 3 rings (SSSR count). The van der Waals surface area contributed by atoms with Crippen LogP contribution in [0.15, 0.2) is 54.7 Å². The van der Waals surface area contributed by atoms with Crippen LogP contribution in [0.25, 0.3) is 10.8 Å². The number of carbonyl (C=O) groups is 1. The number of nitrogens with zero attached hydrogens (tertiary/aromatic N) is 1. The third-order valence-corrected chi connectivity index (χ3v) is 3.07. The Bertz CT molecular complexity index is 828. The molecule has 0 aliphatic rings. The first-order chi connectivity index (χ1) is 10.1. The molecule has 5 heteroatoms. The molecule has 21 heavy (non-hydrogen) atoms. The van der Waals surface area contributed by atoms with E-state index < -0.39 is 17.5 Å². The zero-order chi connectivity index (χ0) is 14.8. The van der Waals surface area contributed by atoms with E-state index >= 15 is 0 Å². The summed E-state index contributed by atoms with van der Waals surface area (Å²) in [6.07, 6.45) is 1.53. The molecular weight excluding hydrogens is 274 g/mol. The lowest BCUT2D eigenvalue weighted by Gasteiger charge is -2.07. The normalized spacial score (nSPS) is 10.6. The first kappa shape index (κ1) is 13.2. The molecule has 2 aromatic carbocycles. The largest absolute Gasteiger partial charge is 0.321 e. The molecule has 0 saturated carbocycles. The van der Waals surface area contributed by atoms with Crippen LogP contribution < -0.4 is 5.32 Å². The SMILES string of the molecule is O=C(Nc1ccc(F)c(F)c1)c1nccc2ccccc12. The first-order valence-electron chi connectivity index (χ1n) is 6.25. The third-order valence-electron chi connectivity index (χ3n) is 3.07. The fourth-order valence-electron chi connectivity index (χ4n) is 2.06. The molecule has 0 unspecified atom stereocenters. The number of rotatable bonds is 2. The molecule has 0 fully saturated rings. The van der Waals surface area contributed by atoms with Crippen molar-refractivity contribution in [3.63, 3.8) is 0 Å². The highest BCUT2D eigenvalue weighted by Gasteiger charge is 2.12. The Morgan fingerprint density at radius 3 is 2.62 bits per heavy atom. The Balaban J connectivity index is 1.95. The smallest absolute Gasteiger partial charge is 0.274 e. The summed E-state index contributed by atoms with van der Waals surface area (Å²) in [4.78, 5) is 16.3. The van der Waals surface area contributed by atoms with Crippen molar-refractivity contribution in [2.24, 2.45) is 0 Å². The number of nitrogens with one attached hydrogen (secondary N) is 1. The Kier molecular flexibility index (Phi) is 3.31. The Labute approximate surface area is 119 Å². The van der Waals surface area contributed by atoms with Gasteiger partial charge in [0.15, 0.2) is 11.6 Å². The van der Waals surface area contributed by atoms with Crippen molar-refractivity contribution >= 4 is 22.4 Å². The maximum Gasteiger partial charge on any atom is 0.274 e. The van der Waals surface area contributed by atoms with Gasteiger partial charge in [0.1, 0.15) is 5.69 Å². The van der Waals surface area contributed by atoms with Gasteiger partial charge in [0.25, 0.3) is 5.91 Å². The van der Waals surface area contributed by atoms with Gasteiger partial charge in [-0.05, 0) is 23.6 Å². The number of benzene rings is 2. The van der Waals surface area contributed by atoms with E-state index in [1.165, 1.54) is 12.3 Å². The van der Waals surface area contributed by atoms with Crippen molar-refractivity contribution in [3.8, 4) is 0 Å². The summed E-state index contributed by atoms with van der Waals surface area (Å²) in [5, 5.41) is 4.08. The number of pyridine rings is 1. The van der Waals surface area contributed by atoms with Gasteiger partial charge in [0.05, 0.1) is 0 Å². The lowest BCUT2D eigenvalue weighted by molar-refractivity contribution is 0.102. The van der Waals surface area contributed by atoms with Gasteiger partial charge in [0.2, 0.25) is 0 Å². The predicted molar refractivity (Wildman–Crippen MR) is 76.1 cm³/mol. The maximum atomic E-state index is 13.1.